The second-order valence-corrected chi connectivity index (χ2v) is 5.97. The Balaban J connectivity index is 1.82. The molecule has 0 aromatic rings. The molecule has 20 heavy (non-hydrogen) atoms. The van der Waals surface area contributed by atoms with Gasteiger partial charge in [-0.25, -0.2) is 0 Å². The third-order valence-electron chi connectivity index (χ3n) is 3.93. The maximum Gasteiger partial charge on any atom is 0.102 e. The Morgan fingerprint density at radius 2 is 1.55 bits per heavy atom. The van der Waals surface area contributed by atoms with Crippen LogP contribution in [-0.4, -0.2) is 12.2 Å². The van der Waals surface area contributed by atoms with Crippen LogP contribution >= 0.6 is 0 Å². The van der Waals surface area contributed by atoms with Gasteiger partial charge in [-0.15, -0.1) is 0 Å². The van der Waals surface area contributed by atoms with Crippen molar-refractivity contribution in [2.24, 2.45) is 0 Å². The molecule has 0 radical (unpaired) electrons. The molecule has 1 saturated heterocycles. The quantitative estimate of drug-likeness (QED) is 0.222. The largest absolute Gasteiger partial charge is 0.365 e. The van der Waals surface area contributed by atoms with Crippen LogP contribution < -0.4 is 0 Å². The van der Waals surface area contributed by atoms with Crippen molar-refractivity contribution in [3.8, 4) is 0 Å². The lowest BCUT2D eigenvalue weighted by atomic mass is 10.1. The molecule has 1 aliphatic rings. The van der Waals surface area contributed by atoms with Crippen molar-refractivity contribution in [2.75, 3.05) is 0 Å². The third kappa shape index (κ3) is 9.36. The fraction of sp³-hybridized carbons (Fsp3) is 0.789. The number of epoxide rings is 1. The van der Waals surface area contributed by atoms with Crippen molar-refractivity contribution >= 4 is 0 Å². The van der Waals surface area contributed by atoms with Crippen LogP contribution in [0, 0.1) is 0 Å². The van der Waals surface area contributed by atoms with Crippen LogP contribution in [0.2, 0.25) is 0 Å². The van der Waals surface area contributed by atoms with Gasteiger partial charge in [0.2, 0.25) is 0 Å². The number of allylic oxidation sites excluding steroid dienone is 3. The van der Waals surface area contributed by atoms with Crippen molar-refractivity contribution in [2.45, 2.75) is 96.7 Å². The van der Waals surface area contributed by atoms with Crippen molar-refractivity contribution < 1.29 is 4.74 Å². The molecule has 0 N–H and O–H groups in total. The summed E-state index contributed by atoms with van der Waals surface area (Å²) in [5.41, 5.74) is 0. The van der Waals surface area contributed by atoms with Crippen LogP contribution in [0.5, 0.6) is 0 Å². The number of unbranched alkanes of at least 4 members (excludes halogenated alkanes) is 7. The van der Waals surface area contributed by atoms with Crippen LogP contribution in [-0.2, 0) is 4.74 Å². The number of rotatable bonds is 13. The predicted octanol–water partition coefficient (Wildman–Crippen LogP) is 6.20. The Morgan fingerprint density at radius 1 is 0.800 bits per heavy atom. The first-order valence-electron chi connectivity index (χ1n) is 8.85. The minimum atomic E-state index is 0.423. The monoisotopic (exact) mass is 278 g/mol. The molecule has 1 heterocycles. The molecule has 0 aromatic carbocycles. The first kappa shape index (κ1) is 17.5. The Labute approximate surface area is 126 Å². The molecule has 0 saturated carbocycles. The van der Waals surface area contributed by atoms with E-state index in [-0.39, 0.29) is 0 Å². The van der Waals surface area contributed by atoms with Crippen LogP contribution in [0.4, 0.5) is 0 Å². The second-order valence-electron chi connectivity index (χ2n) is 5.97. The van der Waals surface area contributed by atoms with Crippen molar-refractivity contribution in [1.82, 2.24) is 0 Å². The Bertz CT molecular complexity index is 267. The highest BCUT2D eigenvalue weighted by molar-refractivity contribution is 5.04. The first-order valence-corrected chi connectivity index (χ1v) is 8.85. The molecular formula is C19H34O. The summed E-state index contributed by atoms with van der Waals surface area (Å²) in [5, 5.41) is 0. The molecule has 0 amide bonds. The summed E-state index contributed by atoms with van der Waals surface area (Å²) < 4.78 is 5.55. The maximum absolute atomic E-state index is 5.55. The summed E-state index contributed by atoms with van der Waals surface area (Å²) in [5.74, 6) is 0. The Morgan fingerprint density at radius 3 is 2.30 bits per heavy atom. The summed E-state index contributed by atoms with van der Waals surface area (Å²) in [6, 6.07) is 0. The van der Waals surface area contributed by atoms with E-state index < -0.39 is 0 Å². The fourth-order valence-electron chi connectivity index (χ4n) is 2.57. The molecule has 0 bridgehead atoms. The number of ether oxygens (including phenoxy) is 1. The summed E-state index contributed by atoms with van der Waals surface area (Å²) in [6.45, 7) is 4.49. The predicted molar refractivity (Wildman–Crippen MR) is 89.1 cm³/mol. The van der Waals surface area contributed by atoms with Gasteiger partial charge in [0.25, 0.3) is 0 Å². The fourth-order valence-corrected chi connectivity index (χ4v) is 2.57. The van der Waals surface area contributed by atoms with Gasteiger partial charge in [0.15, 0.2) is 0 Å². The van der Waals surface area contributed by atoms with E-state index in [0.717, 1.165) is 6.42 Å². The summed E-state index contributed by atoms with van der Waals surface area (Å²) >= 11 is 0. The molecule has 1 nitrogen and oxygen atoms in total. The van der Waals surface area contributed by atoms with Gasteiger partial charge in [0, 0.05) is 0 Å². The van der Waals surface area contributed by atoms with Gasteiger partial charge in [-0.05, 0) is 25.7 Å². The highest BCUT2D eigenvalue weighted by Gasteiger charge is 2.34. The molecule has 1 rings (SSSR count). The second kappa shape index (κ2) is 12.2. The lowest BCUT2D eigenvalue weighted by Gasteiger charge is -1.98. The van der Waals surface area contributed by atoms with E-state index in [2.05, 4.69) is 38.2 Å². The van der Waals surface area contributed by atoms with Crippen LogP contribution in [0.3, 0.4) is 0 Å². The highest BCUT2D eigenvalue weighted by Crippen LogP contribution is 2.27. The zero-order chi connectivity index (χ0) is 14.5. The van der Waals surface area contributed by atoms with Crippen LogP contribution in [0.25, 0.3) is 0 Å². The van der Waals surface area contributed by atoms with E-state index in [9.17, 15) is 0 Å². The zero-order valence-electron chi connectivity index (χ0n) is 13.7. The van der Waals surface area contributed by atoms with E-state index in [1.807, 2.05) is 0 Å². The van der Waals surface area contributed by atoms with E-state index in [1.54, 1.807) is 0 Å². The molecule has 0 aliphatic carbocycles. The van der Waals surface area contributed by atoms with Crippen LogP contribution in [0.15, 0.2) is 24.3 Å². The van der Waals surface area contributed by atoms with Gasteiger partial charge in [-0.1, -0.05) is 83.1 Å². The van der Waals surface area contributed by atoms with Crippen molar-refractivity contribution in [1.29, 1.82) is 0 Å². The molecule has 1 aliphatic heterocycles. The van der Waals surface area contributed by atoms with Crippen molar-refractivity contribution in [3.05, 3.63) is 24.3 Å². The standard InChI is InChI=1S/C19H34O/c1-3-5-6-7-8-9-10-11-12-13-14-15-17-19-18(20-19)16-4-2/h12-13,15,17-19H,3-11,14,16H2,1-2H3. The molecule has 0 spiro atoms. The van der Waals surface area contributed by atoms with Crippen LogP contribution in [0.1, 0.15) is 84.5 Å². The average molecular weight is 278 g/mol. The van der Waals surface area contributed by atoms with Gasteiger partial charge >= 0.3 is 0 Å². The van der Waals surface area contributed by atoms with Gasteiger partial charge in [-0.2, -0.15) is 0 Å². The smallest absolute Gasteiger partial charge is 0.102 e. The third-order valence-corrected chi connectivity index (χ3v) is 3.93. The average Bonchev–Trinajstić information content (AvgIpc) is 3.19. The number of hydrogen-bond acceptors (Lipinski definition) is 1. The van der Waals surface area contributed by atoms with E-state index in [1.165, 1.54) is 64.2 Å². The minimum Gasteiger partial charge on any atom is -0.365 e. The van der Waals surface area contributed by atoms with Gasteiger partial charge in [0.05, 0.1) is 6.10 Å². The highest BCUT2D eigenvalue weighted by atomic mass is 16.6. The minimum absolute atomic E-state index is 0.423. The molecule has 0 aromatic heterocycles. The van der Waals surface area contributed by atoms with E-state index in [4.69, 9.17) is 4.74 Å². The lowest BCUT2D eigenvalue weighted by Crippen LogP contribution is -1.88. The van der Waals surface area contributed by atoms with E-state index >= 15 is 0 Å². The van der Waals surface area contributed by atoms with Crippen molar-refractivity contribution in [3.63, 3.8) is 0 Å². The molecule has 1 heteroatoms. The van der Waals surface area contributed by atoms with Gasteiger partial charge < -0.3 is 4.74 Å². The van der Waals surface area contributed by atoms with Gasteiger partial charge in [-0.3, -0.25) is 0 Å². The summed E-state index contributed by atoms with van der Waals surface area (Å²) in [4.78, 5) is 0. The molecular weight excluding hydrogens is 244 g/mol. The molecule has 2 unspecified atom stereocenters. The van der Waals surface area contributed by atoms with E-state index in [0.29, 0.717) is 12.2 Å². The maximum atomic E-state index is 5.55. The normalized spacial score (nSPS) is 22.1. The molecule has 116 valence electrons. The van der Waals surface area contributed by atoms with Gasteiger partial charge in [0.1, 0.15) is 6.10 Å². The Kier molecular flexibility index (Phi) is 10.7. The molecule has 2 atom stereocenters. The zero-order valence-corrected chi connectivity index (χ0v) is 13.7. The summed E-state index contributed by atoms with van der Waals surface area (Å²) in [7, 11) is 0. The lowest BCUT2D eigenvalue weighted by molar-refractivity contribution is 0.378. The topological polar surface area (TPSA) is 12.5 Å². The Hall–Kier alpha value is -0.560. The SMILES string of the molecule is CCCCCCCCCC=CCC=CC1OC1CCC. The number of hydrogen-bond donors (Lipinski definition) is 0. The summed E-state index contributed by atoms with van der Waals surface area (Å²) in [6.07, 6.45) is 24.6. The molecule has 1 fully saturated rings. The first-order chi connectivity index (χ1) is 9.88.